The summed E-state index contributed by atoms with van der Waals surface area (Å²) in [5.41, 5.74) is 4.92. The molecular formula is C20H20N3O2+. The smallest absolute Gasteiger partial charge is 0.304 e. The molecule has 0 saturated carbocycles. The number of hydrogen-bond acceptors (Lipinski definition) is 3. The maximum absolute atomic E-state index is 6.11. The lowest BCUT2D eigenvalue weighted by molar-refractivity contribution is -0.739. The Morgan fingerprint density at radius 2 is 2.12 bits per heavy atom. The van der Waals surface area contributed by atoms with Crippen molar-refractivity contribution in [2.24, 2.45) is 0 Å². The molecule has 0 radical (unpaired) electrons. The van der Waals surface area contributed by atoms with Gasteiger partial charge in [-0.2, -0.15) is 0 Å². The highest BCUT2D eigenvalue weighted by atomic mass is 16.5. The molecule has 5 rings (SSSR count). The molecule has 2 aliphatic rings. The first-order chi connectivity index (χ1) is 12.2. The van der Waals surface area contributed by atoms with Gasteiger partial charge in [0, 0.05) is 11.5 Å². The largest absolute Gasteiger partial charge is 0.497 e. The Labute approximate surface area is 146 Å². The first-order valence-corrected chi connectivity index (χ1v) is 8.58. The highest BCUT2D eigenvalue weighted by Crippen LogP contribution is 2.35. The average molecular weight is 334 g/mol. The molecule has 5 nitrogen and oxygen atoms in total. The zero-order chi connectivity index (χ0) is 17.0. The summed E-state index contributed by atoms with van der Waals surface area (Å²) in [6.45, 7) is 2.63. The fourth-order valence-corrected chi connectivity index (χ4v) is 4.05. The molecule has 5 heteroatoms. The second-order valence-corrected chi connectivity index (χ2v) is 6.73. The Hall–Kier alpha value is -2.66. The van der Waals surface area contributed by atoms with Gasteiger partial charge in [-0.05, 0) is 41.8 Å². The van der Waals surface area contributed by atoms with Gasteiger partial charge in [0.15, 0.2) is 0 Å². The first-order valence-electron chi connectivity index (χ1n) is 8.58. The first kappa shape index (κ1) is 14.7. The summed E-state index contributed by atoms with van der Waals surface area (Å²) in [6.07, 6.45) is 3.27. The summed E-state index contributed by atoms with van der Waals surface area (Å²) in [5, 5.41) is 4.78. The molecule has 2 atom stereocenters. The van der Waals surface area contributed by atoms with Crippen molar-refractivity contribution >= 4 is 0 Å². The van der Waals surface area contributed by atoms with Crippen LogP contribution in [-0.4, -0.2) is 23.0 Å². The van der Waals surface area contributed by atoms with Crippen LogP contribution in [0.25, 0.3) is 5.69 Å². The average Bonchev–Trinajstić information content (AvgIpc) is 3.21. The van der Waals surface area contributed by atoms with Crippen LogP contribution >= 0.6 is 0 Å². The number of methoxy groups -OCH3 is 1. The Morgan fingerprint density at radius 1 is 1.24 bits per heavy atom. The normalized spacial score (nSPS) is 20.7. The molecule has 1 aromatic heterocycles. The number of benzene rings is 2. The lowest BCUT2D eigenvalue weighted by atomic mass is 10.1. The van der Waals surface area contributed by atoms with Gasteiger partial charge in [0.05, 0.1) is 7.11 Å². The predicted molar refractivity (Wildman–Crippen MR) is 91.9 cm³/mol. The molecule has 0 N–H and O–H groups in total. The Balaban J connectivity index is 1.60. The van der Waals surface area contributed by atoms with E-state index in [0.717, 1.165) is 29.2 Å². The molecule has 0 saturated heterocycles. The summed E-state index contributed by atoms with van der Waals surface area (Å²) < 4.78 is 15.7. The number of hydrogen-bond donors (Lipinski definition) is 0. The molecular weight excluding hydrogens is 314 g/mol. The molecule has 0 unspecified atom stereocenters. The SMILES string of the molecule is COc1ccc(-n2c[n+]3c(n2)CO[C@H]2Cc4ccccc4[C@H]23)c(C)c1. The van der Waals surface area contributed by atoms with E-state index in [1.54, 1.807) is 7.11 Å². The van der Waals surface area contributed by atoms with Crippen molar-refractivity contribution < 1.29 is 14.0 Å². The van der Waals surface area contributed by atoms with E-state index in [1.165, 1.54) is 11.1 Å². The molecule has 0 bridgehead atoms. The summed E-state index contributed by atoms with van der Waals surface area (Å²) in [7, 11) is 1.69. The van der Waals surface area contributed by atoms with Crippen LogP contribution in [0.1, 0.15) is 28.6 Å². The van der Waals surface area contributed by atoms with Crippen molar-refractivity contribution in [1.29, 1.82) is 0 Å². The van der Waals surface area contributed by atoms with E-state index < -0.39 is 0 Å². The van der Waals surface area contributed by atoms with Crippen LogP contribution < -0.4 is 9.30 Å². The fourth-order valence-electron chi connectivity index (χ4n) is 4.05. The quantitative estimate of drug-likeness (QED) is 0.676. The van der Waals surface area contributed by atoms with Gasteiger partial charge in [-0.3, -0.25) is 0 Å². The number of fused-ring (bicyclic) bond motifs is 5. The van der Waals surface area contributed by atoms with Gasteiger partial charge in [-0.25, -0.2) is 4.57 Å². The molecule has 2 aromatic carbocycles. The Bertz CT molecular complexity index is 963. The van der Waals surface area contributed by atoms with Crippen molar-refractivity contribution in [2.75, 3.05) is 7.11 Å². The van der Waals surface area contributed by atoms with Crippen LogP contribution in [0, 0.1) is 6.92 Å². The number of rotatable bonds is 2. The number of ether oxygens (including phenoxy) is 2. The van der Waals surface area contributed by atoms with E-state index in [2.05, 4.69) is 42.1 Å². The number of aromatic nitrogens is 3. The molecule has 0 amide bonds. The van der Waals surface area contributed by atoms with Gasteiger partial charge in [0.1, 0.15) is 30.2 Å². The molecule has 3 aromatic rings. The van der Waals surface area contributed by atoms with Crippen molar-refractivity contribution in [2.45, 2.75) is 32.1 Å². The van der Waals surface area contributed by atoms with Crippen LogP contribution in [0.4, 0.5) is 0 Å². The van der Waals surface area contributed by atoms with Crippen molar-refractivity contribution in [3.05, 3.63) is 71.3 Å². The van der Waals surface area contributed by atoms with E-state index in [1.807, 2.05) is 22.9 Å². The molecule has 0 fully saturated rings. The van der Waals surface area contributed by atoms with Gasteiger partial charge >= 0.3 is 5.82 Å². The van der Waals surface area contributed by atoms with Gasteiger partial charge in [0.25, 0.3) is 0 Å². The van der Waals surface area contributed by atoms with Crippen LogP contribution in [0.2, 0.25) is 0 Å². The number of aryl methyl sites for hydroxylation is 1. The van der Waals surface area contributed by atoms with Gasteiger partial charge < -0.3 is 9.47 Å². The predicted octanol–water partition coefficient (Wildman–Crippen LogP) is 2.52. The summed E-state index contributed by atoms with van der Waals surface area (Å²) in [5.74, 6) is 1.83. The third-order valence-corrected chi connectivity index (χ3v) is 5.28. The van der Waals surface area contributed by atoms with E-state index in [0.29, 0.717) is 6.61 Å². The maximum Gasteiger partial charge on any atom is 0.304 e. The molecule has 126 valence electrons. The van der Waals surface area contributed by atoms with Gasteiger partial charge in [-0.1, -0.05) is 28.9 Å². The van der Waals surface area contributed by atoms with Crippen LogP contribution in [-0.2, 0) is 17.8 Å². The molecule has 2 heterocycles. The highest BCUT2D eigenvalue weighted by molar-refractivity contribution is 5.44. The third kappa shape index (κ3) is 2.19. The lowest BCUT2D eigenvalue weighted by Crippen LogP contribution is -2.51. The standard InChI is InChI=1S/C20H20N3O2/c1-13-9-15(24-2)7-8-17(13)23-12-22-19(21-23)11-25-18-10-14-5-3-4-6-16(14)20(18)22/h3-9,12,18,20H,10-11H2,1-2H3/q+1/t18-,20+/m0/s1. The van der Waals surface area contributed by atoms with Gasteiger partial charge in [0.2, 0.25) is 6.33 Å². The second kappa shape index (κ2) is 5.43. The molecule has 1 aliphatic heterocycles. The minimum atomic E-state index is 0.199. The highest BCUT2D eigenvalue weighted by Gasteiger charge is 2.43. The van der Waals surface area contributed by atoms with Crippen molar-refractivity contribution in [3.63, 3.8) is 0 Å². The number of nitrogens with zero attached hydrogens (tertiary/aromatic N) is 3. The molecule has 25 heavy (non-hydrogen) atoms. The van der Waals surface area contributed by atoms with E-state index in [-0.39, 0.29) is 12.1 Å². The lowest BCUT2D eigenvalue weighted by Gasteiger charge is -2.23. The van der Waals surface area contributed by atoms with E-state index in [4.69, 9.17) is 14.6 Å². The van der Waals surface area contributed by atoms with Crippen LogP contribution in [0.3, 0.4) is 0 Å². The van der Waals surface area contributed by atoms with Crippen LogP contribution in [0.5, 0.6) is 5.75 Å². The summed E-state index contributed by atoms with van der Waals surface area (Å²) in [4.78, 5) is 0. The van der Waals surface area contributed by atoms with Crippen molar-refractivity contribution in [3.8, 4) is 11.4 Å². The summed E-state index contributed by atoms with van der Waals surface area (Å²) >= 11 is 0. The maximum atomic E-state index is 6.11. The second-order valence-electron chi connectivity index (χ2n) is 6.73. The zero-order valence-electron chi connectivity index (χ0n) is 14.3. The monoisotopic (exact) mass is 334 g/mol. The molecule has 0 spiro atoms. The van der Waals surface area contributed by atoms with Crippen molar-refractivity contribution in [1.82, 2.24) is 9.78 Å². The molecule has 1 aliphatic carbocycles. The fraction of sp³-hybridized carbons (Fsp3) is 0.300. The van der Waals surface area contributed by atoms with E-state index in [9.17, 15) is 0 Å². The summed E-state index contributed by atoms with van der Waals surface area (Å²) in [6, 6.07) is 14.9. The van der Waals surface area contributed by atoms with Crippen LogP contribution in [0.15, 0.2) is 48.8 Å². The Kier molecular flexibility index (Phi) is 3.18. The Morgan fingerprint density at radius 3 is 2.96 bits per heavy atom. The zero-order valence-corrected chi connectivity index (χ0v) is 14.3. The third-order valence-electron chi connectivity index (χ3n) is 5.28. The minimum Gasteiger partial charge on any atom is -0.497 e. The topological polar surface area (TPSA) is 40.2 Å². The van der Waals surface area contributed by atoms with E-state index >= 15 is 0 Å². The minimum absolute atomic E-state index is 0.199. The van der Waals surface area contributed by atoms with Gasteiger partial charge in [-0.15, -0.1) is 0 Å².